The Bertz CT molecular complexity index is 1270. The minimum Gasteiger partial charge on any atom is -0.323 e. The maximum atomic E-state index is 6.62. The Morgan fingerprint density at radius 3 is 2.60 bits per heavy atom. The van der Waals surface area contributed by atoms with Crippen LogP contribution in [-0.4, -0.2) is 25.7 Å². The highest BCUT2D eigenvalue weighted by Gasteiger charge is 2.31. The molecule has 1 atom stereocenters. The van der Waals surface area contributed by atoms with Crippen molar-refractivity contribution in [2.45, 2.75) is 37.2 Å². The Morgan fingerprint density at radius 1 is 0.933 bits per heavy atom. The van der Waals surface area contributed by atoms with Gasteiger partial charge >= 0.3 is 0 Å². The van der Waals surface area contributed by atoms with E-state index in [9.17, 15) is 0 Å². The van der Waals surface area contributed by atoms with E-state index in [1.165, 1.54) is 19.3 Å². The molecule has 6 heteroatoms. The molecule has 0 amide bonds. The van der Waals surface area contributed by atoms with E-state index in [0.717, 1.165) is 51.6 Å². The van der Waals surface area contributed by atoms with Crippen molar-refractivity contribution in [1.82, 2.24) is 19.5 Å². The number of benzene rings is 2. The van der Waals surface area contributed by atoms with Crippen LogP contribution < -0.4 is 0 Å². The Kier molecular flexibility index (Phi) is 4.16. The summed E-state index contributed by atoms with van der Waals surface area (Å²) < 4.78 is 2.26. The molecule has 4 aromatic rings. The van der Waals surface area contributed by atoms with Gasteiger partial charge in [0.2, 0.25) is 0 Å². The van der Waals surface area contributed by atoms with Crippen LogP contribution in [0.4, 0.5) is 0 Å². The summed E-state index contributed by atoms with van der Waals surface area (Å²) >= 11 is 6.62. The number of hydrogen-bond acceptors (Lipinski definition) is 4. The second kappa shape index (κ2) is 7.03. The summed E-state index contributed by atoms with van der Waals surface area (Å²) in [6, 6.07) is 16.3. The van der Waals surface area contributed by atoms with E-state index in [1.54, 1.807) is 0 Å². The summed E-state index contributed by atoms with van der Waals surface area (Å²) in [4.78, 5) is 19.0. The molecule has 5 nitrogen and oxygen atoms in total. The second-order valence-corrected chi connectivity index (χ2v) is 8.35. The molecule has 0 radical (unpaired) electrons. The lowest BCUT2D eigenvalue weighted by molar-refractivity contribution is 0.389. The average Bonchev–Trinajstić information content (AvgIpc) is 3.13. The zero-order chi connectivity index (χ0) is 20.1. The van der Waals surface area contributed by atoms with Gasteiger partial charge in [-0.3, -0.25) is 9.98 Å². The lowest BCUT2D eigenvalue weighted by Crippen LogP contribution is -2.19. The van der Waals surface area contributed by atoms with Gasteiger partial charge in [0, 0.05) is 23.3 Å². The van der Waals surface area contributed by atoms with Crippen LogP contribution in [0.5, 0.6) is 0 Å². The molecule has 1 saturated carbocycles. The topological polar surface area (TPSA) is 56.0 Å². The first kappa shape index (κ1) is 17.8. The number of imidazole rings is 1. The lowest BCUT2D eigenvalue weighted by atomic mass is 9.85. The number of fused-ring (bicyclic) bond motifs is 2. The fourth-order valence-electron chi connectivity index (χ4n) is 4.31. The number of halogens is 1. The van der Waals surface area contributed by atoms with Gasteiger partial charge in [0.1, 0.15) is 5.82 Å². The number of aliphatic imine (C=N–C) groups is 1. The largest absolute Gasteiger partial charge is 0.323 e. The van der Waals surface area contributed by atoms with Crippen LogP contribution in [-0.2, 0) is 6.54 Å². The molecule has 30 heavy (non-hydrogen) atoms. The van der Waals surface area contributed by atoms with E-state index >= 15 is 0 Å². The van der Waals surface area contributed by atoms with Crippen LogP contribution in [0.1, 0.15) is 42.2 Å². The van der Waals surface area contributed by atoms with Gasteiger partial charge in [-0.15, -0.1) is 0 Å². The fraction of sp³-hybridized carbons (Fsp3) is 0.250. The van der Waals surface area contributed by atoms with Crippen LogP contribution in [0.15, 0.2) is 59.7 Å². The third-order valence-electron chi connectivity index (χ3n) is 6.12. The number of rotatable bonds is 3. The monoisotopic (exact) mass is 413 g/mol. The molecule has 2 aromatic carbocycles. The zero-order valence-corrected chi connectivity index (χ0v) is 17.1. The second-order valence-electron chi connectivity index (χ2n) is 7.93. The third kappa shape index (κ3) is 2.84. The van der Waals surface area contributed by atoms with Gasteiger partial charge in [-0.05, 0) is 25.0 Å². The van der Waals surface area contributed by atoms with E-state index in [0.29, 0.717) is 5.92 Å². The lowest BCUT2D eigenvalue weighted by Gasteiger charge is -2.26. The summed E-state index contributed by atoms with van der Waals surface area (Å²) in [5, 5.41) is 0. The van der Waals surface area contributed by atoms with E-state index < -0.39 is 5.50 Å². The molecule has 0 saturated heterocycles. The summed E-state index contributed by atoms with van der Waals surface area (Å²) in [7, 11) is 0. The zero-order valence-electron chi connectivity index (χ0n) is 16.4. The van der Waals surface area contributed by atoms with Crippen molar-refractivity contribution in [2.24, 2.45) is 4.99 Å². The average molecular weight is 414 g/mol. The highest BCUT2D eigenvalue weighted by Crippen LogP contribution is 2.42. The van der Waals surface area contributed by atoms with Crippen LogP contribution in [0.25, 0.3) is 33.5 Å². The highest BCUT2D eigenvalue weighted by atomic mass is 35.5. The Balaban J connectivity index is 1.49. The molecule has 1 unspecified atom stereocenters. The van der Waals surface area contributed by atoms with Crippen molar-refractivity contribution in [1.29, 1.82) is 0 Å². The van der Waals surface area contributed by atoms with Gasteiger partial charge in [-0.1, -0.05) is 54.4 Å². The molecular formula is C24H20ClN5. The molecule has 148 valence electrons. The Morgan fingerprint density at radius 2 is 1.80 bits per heavy atom. The van der Waals surface area contributed by atoms with Crippen molar-refractivity contribution in [2.75, 3.05) is 0 Å². The first-order valence-electron chi connectivity index (χ1n) is 10.4. The number of aromatic nitrogens is 4. The molecule has 2 aromatic heterocycles. The quantitative estimate of drug-likeness (QED) is 0.317. The smallest absolute Gasteiger partial charge is 0.165 e. The van der Waals surface area contributed by atoms with E-state index in [-0.39, 0.29) is 0 Å². The van der Waals surface area contributed by atoms with Crippen LogP contribution in [0.3, 0.4) is 0 Å². The summed E-state index contributed by atoms with van der Waals surface area (Å²) in [6.45, 7) is 0.739. The molecule has 1 fully saturated rings. The van der Waals surface area contributed by atoms with Crippen LogP contribution in [0, 0.1) is 0 Å². The predicted octanol–water partition coefficient (Wildman–Crippen LogP) is 5.75. The summed E-state index contributed by atoms with van der Waals surface area (Å²) in [6.07, 6.45) is 7.39. The van der Waals surface area contributed by atoms with Crippen LogP contribution in [0.2, 0.25) is 0 Å². The molecule has 0 N–H and O–H groups in total. The van der Waals surface area contributed by atoms with Gasteiger partial charge in [-0.25, -0.2) is 9.97 Å². The van der Waals surface area contributed by atoms with Gasteiger partial charge in [0.25, 0.3) is 0 Å². The van der Waals surface area contributed by atoms with Gasteiger partial charge in [-0.2, -0.15) is 0 Å². The maximum absolute atomic E-state index is 6.62. The number of alkyl halides is 1. The normalized spacial score (nSPS) is 18.4. The minimum atomic E-state index is -0.410. The van der Waals surface area contributed by atoms with E-state index in [2.05, 4.69) is 26.7 Å². The van der Waals surface area contributed by atoms with Crippen molar-refractivity contribution in [3.63, 3.8) is 0 Å². The molecule has 3 heterocycles. The summed E-state index contributed by atoms with van der Waals surface area (Å²) in [5.74, 6) is 1.67. The summed E-state index contributed by atoms with van der Waals surface area (Å²) in [5.41, 5.74) is 6.15. The van der Waals surface area contributed by atoms with Crippen molar-refractivity contribution in [3.8, 4) is 22.5 Å². The van der Waals surface area contributed by atoms with E-state index in [1.807, 2.05) is 48.8 Å². The van der Waals surface area contributed by atoms with Crippen LogP contribution >= 0.6 is 11.6 Å². The number of nitrogens with zero attached hydrogens (tertiary/aromatic N) is 5. The standard InChI is InChI=1S/C24H20ClN5/c25-23-22-21(29-24(16-7-4-8-16)30(22)12-11-26-23)17-9-10-18-19(13-17)28-20(14-27-18)15-5-2-1-3-6-15/h1-3,5-6,9-11,13-14,16,23H,4,7-8,12H2. The van der Waals surface area contributed by atoms with Crippen molar-refractivity contribution >= 4 is 28.8 Å². The van der Waals surface area contributed by atoms with Gasteiger partial charge in [0.05, 0.1) is 40.9 Å². The number of hydrogen-bond donors (Lipinski definition) is 0. The highest BCUT2D eigenvalue weighted by molar-refractivity contribution is 6.21. The molecule has 2 aliphatic rings. The minimum absolute atomic E-state index is 0.410. The molecule has 0 spiro atoms. The Labute approximate surface area is 179 Å². The molecule has 6 rings (SSSR count). The Hall–Kier alpha value is -3.05. The SMILES string of the molecule is ClC1N=CCn2c(C3CCC3)nc(-c3ccc4ncc(-c5ccccc5)nc4c3)c21. The molecule has 1 aliphatic carbocycles. The molecule has 1 aliphatic heterocycles. The molecule has 0 bridgehead atoms. The van der Waals surface area contributed by atoms with Gasteiger partial charge < -0.3 is 4.57 Å². The first-order valence-corrected chi connectivity index (χ1v) is 10.8. The van der Waals surface area contributed by atoms with E-state index in [4.69, 9.17) is 21.6 Å². The van der Waals surface area contributed by atoms with Crippen molar-refractivity contribution < 1.29 is 0 Å². The van der Waals surface area contributed by atoms with Gasteiger partial charge in [0.15, 0.2) is 5.50 Å². The fourth-order valence-corrected chi connectivity index (χ4v) is 4.61. The first-order chi connectivity index (χ1) is 14.8. The predicted molar refractivity (Wildman–Crippen MR) is 120 cm³/mol. The third-order valence-corrected chi connectivity index (χ3v) is 6.44. The molecular weight excluding hydrogens is 394 g/mol. The maximum Gasteiger partial charge on any atom is 0.165 e. The van der Waals surface area contributed by atoms with Crippen molar-refractivity contribution in [3.05, 3.63) is 66.2 Å².